The second-order valence-corrected chi connectivity index (χ2v) is 2.75. The van der Waals surface area contributed by atoms with Crippen molar-refractivity contribution in [2.75, 3.05) is 13.1 Å². The van der Waals surface area contributed by atoms with Crippen LogP contribution in [0.3, 0.4) is 0 Å². The lowest BCUT2D eigenvalue weighted by atomic mass is 10.4. The first-order valence-electron chi connectivity index (χ1n) is 3.80. The zero-order valence-corrected chi connectivity index (χ0v) is 6.53. The van der Waals surface area contributed by atoms with E-state index in [2.05, 4.69) is 5.10 Å². The van der Waals surface area contributed by atoms with Gasteiger partial charge in [0, 0.05) is 12.5 Å². The first kappa shape index (κ1) is 8.29. The molecule has 0 saturated heterocycles. The van der Waals surface area contributed by atoms with Gasteiger partial charge in [-0.1, -0.05) is 0 Å². The molecular weight excluding hydrogens is 142 g/mol. The second kappa shape index (κ2) is 3.54. The SMILES string of the molecule is NCCN(N)N=C(N)C1CC1. The topological polar surface area (TPSA) is 93.7 Å². The van der Waals surface area contributed by atoms with Gasteiger partial charge in [-0.2, -0.15) is 0 Å². The third kappa shape index (κ3) is 2.73. The normalized spacial score (nSPS) is 18.5. The van der Waals surface area contributed by atoms with Crippen LogP contribution in [0.2, 0.25) is 0 Å². The number of hydrogen-bond donors (Lipinski definition) is 3. The molecule has 0 heterocycles. The number of hydrazone groups is 1. The highest BCUT2D eigenvalue weighted by atomic mass is 15.6. The predicted octanol–water partition coefficient (Wildman–Crippen LogP) is -1.20. The summed E-state index contributed by atoms with van der Waals surface area (Å²) in [5.74, 6) is 6.55. The van der Waals surface area contributed by atoms with Crippen molar-refractivity contribution in [1.29, 1.82) is 0 Å². The molecule has 0 aliphatic heterocycles. The van der Waals surface area contributed by atoms with E-state index in [9.17, 15) is 0 Å². The summed E-state index contributed by atoms with van der Waals surface area (Å²) in [5.41, 5.74) is 10.9. The van der Waals surface area contributed by atoms with Gasteiger partial charge in [0.25, 0.3) is 0 Å². The lowest BCUT2D eigenvalue weighted by Gasteiger charge is -2.11. The monoisotopic (exact) mass is 157 g/mol. The van der Waals surface area contributed by atoms with E-state index in [1.165, 1.54) is 5.12 Å². The van der Waals surface area contributed by atoms with Crippen molar-refractivity contribution >= 4 is 5.84 Å². The van der Waals surface area contributed by atoms with Crippen LogP contribution in [0.1, 0.15) is 12.8 Å². The van der Waals surface area contributed by atoms with Crippen molar-refractivity contribution in [3.63, 3.8) is 0 Å². The Morgan fingerprint density at radius 3 is 2.64 bits per heavy atom. The molecule has 6 N–H and O–H groups in total. The summed E-state index contributed by atoms with van der Waals surface area (Å²) in [6.07, 6.45) is 2.29. The van der Waals surface area contributed by atoms with E-state index in [0.717, 1.165) is 12.8 Å². The van der Waals surface area contributed by atoms with Gasteiger partial charge < -0.3 is 11.5 Å². The van der Waals surface area contributed by atoms with E-state index in [1.54, 1.807) is 0 Å². The van der Waals surface area contributed by atoms with Gasteiger partial charge in [0.05, 0.1) is 6.54 Å². The quantitative estimate of drug-likeness (QED) is 0.207. The number of nitrogens with zero attached hydrogens (tertiary/aromatic N) is 2. The van der Waals surface area contributed by atoms with Crippen LogP contribution < -0.4 is 17.3 Å². The van der Waals surface area contributed by atoms with Crippen molar-refractivity contribution in [3.8, 4) is 0 Å². The number of rotatable bonds is 4. The molecule has 0 bridgehead atoms. The molecule has 1 aliphatic rings. The summed E-state index contributed by atoms with van der Waals surface area (Å²) >= 11 is 0. The highest BCUT2D eigenvalue weighted by molar-refractivity contribution is 5.84. The molecule has 0 aromatic rings. The number of hydrazine groups is 1. The molecule has 0 aromatic carbocycles. The molecule has 1 saturated carbocycles. The van der Waals surface area contributed by atoms with E-state index >= 15 is 0 Å². The van der Waals surface area contributed by atoms with Crippen LogP contribution in [0.25, 0.3) is 0 Å². The Labute approximate surface area is 66.2 Å². The van der Waals surface area contributed by atoms with Gasteiger partial charge in [-0.05, 0) is 12.8 Å². The first-order valence-corrected chi connectivity index (χ1v) is 3.80. The van der Waals surface area contributed by atoms with Gasteiger partial charge in [-0.3, -0.25) is 0 Å². The molecule has 0 aromatic heterocycles. The fourth-order valence-electron chi connectivity index (χ4n) is 0.791. The van der Waals surface area contributed by atoms with E-state index < -0.39 is 0 Å². The highest BCUT2D eigenvalue weighted by Crippen LogP contribution is 2.28. The Morgan fingerprint density at radius 2 is 2.18 bits per heavy atom. The average Bonchev–Trinajstić information content (AvgIpc) is 2.67. The smallest absolute Gasteiger partial charge is 0.124 e. The second-order valence-electron chi connectivity index (χ2n) is 2.75. The minimum atomic E-state index is 0.471. The van der Waals surface area contributed by atoms with Gasteiger partial charge in [0.2, 0.25) is 0 Å². The fourth-order valence-corrected chi connectivity index (χ4v) is 0.791. The first-order chi connectivity index (χ1) is 5.24. The average molecular weight is 157 g/mol. The predicted molar refractivity (Wildman–Crippen MR) is 44.3 cm³/mol. The van der Waals surface area contributed by atoms with Crippen LogP contribution in [-0.4, -0.2) is 24.0 Å². The maximum atomic E-state index is 5.60. The van der Waals surface area contributed by atoms with Gasteiger partial charge in [0.1, 0.15) is 5.84 Å². The molecule has 1 rings (SSSR count). The number of hydrogen-bond acceptors (Lipinski definition) is 4. The lowest BCUT2D eigenvalue weighted by molar-refractivity contribution is 0.306. The maximum absolute atomic E-state index is 5.60. The highest BCUT2D eigenvalue weighted by Gasteiger charge is 2.25. The molecule has 0 unspecified atom stereocenters. The van der Waals surface area contributed by atoms with E-state index in [1.807, 2.05) is 0 Å². The van der Waals surface area contributed by atoms with Crippen molar-refractivity contribution < 1.29 is 0 Å². The van der Waals surface area contributed by atoms with Crippen molar-refractivity contribution in [1.82, 2.24) is 5.12 Å². The zero-order valence-electron chi connectivity index (χ0n) is 6.53. The lowest BCUT2D eigenvalue weighted by Crippen LogP contribution is -2.33. The zero-order chi connectivity index (χ0) is 8.27. The summed E-state index contributed by atoms with van der Waals surface area (Å²) in [6, 6.07) is 0. The molecule has 1 aliphatic carbocycles. The van der Waals surface area contributed by atoms with Crippen LogP contribution in [-0.2, 0) is 0 Å². The Kier molecular flexibility index (Phi) is 2.67. The summed E-state index contributed by atoms with van der Waals surface area (Å²) in [7, 11) is 0. The number of nitrogens with two attached hydrogens (primary N) is 3. The Bertz CT molecular complexity index is 151. The van der Waals surface area contributed by atoms with Crippen LogP contribution in [0, 0.1) is 5.92 Å². The summed E-state index contributed by atoms with van der Waals surface area (Å²) < 4.78 is 0. The van der Waals surface area contributed by atoms with Crippen molar-refractivity contribution in [3.05, 3.63) is 0 Å². The molecule has 0 radical (unpaired) electrons. The molecule has 0 atom stereocenters. The molecule has 0 spiro atoms. The van der Waals surface area contributed by atoms with E-state index in [0.29, 0.717) is 24.8 Å². The van der Waals surface area contributed by atoms with Crippen molar-refractivity contribution in [2.45, 2.75) is 12.8 Å². The van der Waals surface area contributed by atoms with Crippen LogP contribution in [0.5, 0.6) is 0 Å². The standard InChI is InChI=1S/C6H15N5/c7-3-4-11(9)10-6(8)5-1-2-5/h5H,1-4,7,9H2,(H2,8,10). The summed E-state index contributed by atoms with van der Waals surface area (Å²) in [6.45, 7) is 1.05. The molecule has 11 heavy (non-hydrogen) atoms. The van der Waals surface area contributed by atoms with Crippen molar-refractivity contribution in [2.24, 2.45) is 28.3 Å². The summed E-state index contributed by atoms with van der Waals surface area (Å²) in [5, 5.41) is 5.25. The number of amidine groups is 1. The van der Waals surface area contributed by atoms with Gasteiger partial charge in [-0.25, -0.2) is 11.0 Å². The Balaban J connectivity index is 2.29. The Morgan fingerprint density at radius 1 is 1.55 bits per heavy atom. The van der Waals surface area contributed by atoms with Crippen LogP contribution in [0.4, 0.5) is 0 Å². The van der Waals surface area contributed by atoms with E-state index in [4.69, 9.17) is 17.3 Å². The van der Waals surface area contributed by atoms with Gasteiger partial charge in [0.15, 0.2) is 0 Å². The maximum Gasteiger partial charge on any atom is 0.124 e. The van der Waals surface area contributed by atoms with E-state index in [-0.39, 0.29) is 0 Å². The fraction of sp³-hybridized carbons (Fsp3) is 0.833. The molecule has 1 fully saturated rings. The van der Waals surface area contributed by atoms with Crippen LogP contribution >= 0.6 is 0 Å². The minimum absolute atomic E-state index is 0.471. The van der Waals surface area contributed by atoms with Crippen LogP contribution in [0.15, 0.2) is 5.10 Å². The molecule has 0 amide bonds. The molecular formula is C6H15N5. The van der Waals surface area contributed by atoms with Gasteiger partial charge >= 0.3 is 0 Å². The third-order valence-electron chi connectivity index (χ3n) is 1.60. The third-order valence-corrected chi connectivity index (χ3v) is 1.60. The molecule has 64 valence electrons. The molecule has 5 heteroatoms. The summed E-state index contributed by atoms with van der Waals surface area (Å²) in [4.78, 5) is 0. The largest absolute Gasteiger partial charge is 0.385 e. The minimum Gasteiger partial charge on any atom is -0.385 e. The molecule has 5 nitrogen and oxygen atoms in total. The Hall–Kier alpha value is -0.810. The van der Waals surface area contributed by atoms with Gasteiger partial charge in [-0.15, -0.1) is 5.10 Å².